The molecule has 0 aliphatic carbocycles. The number of carbonyl (C=O) groups is 1. The number of ether oxygens (including phenoxy) is 3. The van der Waals surface area contributed by atoms with Crippen molar-refractivity contribution in [1.29, 1.82) is 0 Å². The van der Waals surface area contributed by atoms with Crippen molar-refractivity contribution in [3.8, 4) is 17.2 Å². The lowest BCUT2D eigenvalue weighted by atomic mass is 10.1. The van der Waals surface area contributed by atoms with E-state index in [1.807, 2.05) is 6.07 Å². The van der Waals surface area contributed by atoms with Gasteiger partial charge < -0.3 is 19.3 Å². The van der Waals surface area contributed by atoms with Gasteiger partial charge in [-0.05, 0) is 36.4 Å². The van der Waals surface area contributed by atoms with Crippen molar-refractivity contribution in [2.75, 3.05) is 20.8 Å². The van der Waals surface area contributed by atoms with Crippen LogP contribution in [-0.4, -0.2) is 41.3 Å². The Balaban J connectivity index is 1.95. The number of hydrogen-bond acceptors (Lipinski definition) is 6. The van der Waals surface area contributed by atoms with Crippen molar-refractivity contribution < 1.29 is 24.1 Å². The van der Waals surface area contributed by atoms with Gasteiger partial charge in [0.05, 0.1) is 36.2 Å². The molecule has 0 bridgehead atoms. The topological polar surface area (TPSA) is 99.4 Å². The van der Waals surface area contributed by atoms with Crippen LogP contribution in [0.1, 0.15) is 0 Å². The quantitative estimate of drug-likeness (QED) is 0.450. The first-order chi connectivity index (χ1) is 14.5. The minimum atomic E-state index is -1.06. The van der Waals surface area contributed by atoms with E-state index in [-0.39, 0.29) is 5.56 Å². The molecule has 0 amide bonds. The molecule has 0 fully saturated rings. The maximum atomic E-state index is 13.6. The van der Waals surface area contributed by atoms with Gasteiger partial charge in [0, 0.05) is 22.4 Å². The van der Waals surface area contributed by atoms with E-state index in [4.69, 9.17) is 19.3 Å². The molecule has 30 heavy (non-hydrogen) atoms. The second-order valence-electron chi connectivity index (χ2n) is 6.78. The van der Waals surface area contributed by atoms with Crippen LogP contribution in [0.2, 0.25) is 0 Å². The molecular weight excluding hydrogens is 388 g/mol. The fourth-order valence-electron chi connectivity index (χ4n) is 4.04. The van der Waals surface area contributed by atoms with Crippen LogP contribution in [0.15, 0.2) is 47.4 Å². The van der Waals surface area contributed by atoms with Gasteiger partial charge in [-0.2, -0.15) is 0 Å². The summed E-state index contributed by atoms with van der Waals surface area (Å²) in [4.78, 5) is 29.0. The van der Waals surface area contributed by atoms with Gasteiger partial charge in [-0.3, -0.25) is 14.2 Å². The summed E-state index contributed by atoms with van der Waals surface area (Å²) < 4.78 is 17.8. The van der Waals surface area contributed by atoms with Gasteiger partial charge in [-0.1, -0.05) is 0 Å². The monoisotopic (exact) mass is 404 g/mol. The molecule has 0 saturated carbocycles. The molecule has 5 aromatic rings. The number of methoxy groups -OCH3 is 2. The second-order valence-corrected chi connectivity index (χ2v) is 6.78. The number of rotatable bonds is 5. The SMILES string of the molecule is COc1ccc2c(c1OC)c(=O)n1c3ccc(OCC(=O)O)cc3c3ccnc2c31. The van der Waals surface area contributed by atoms with Crippen molar-refractivity contribution in [3.63, 3.8) is 0 Å². The van der Waals surface area contributed by atoms with Crippen LogP contribution in [-0.2, 0) is 4.79 Å². The van der Waals surface area contributed by atoms with E-state index < -0.39 is 12.6 Å². The van der Waals surface area contributed by atoms with E-state index in [2.05, 4.69) is 4.98 Å². The molecule has 3 heterocycles. The Morgan fingerprint density at radius 3 is 2.63 bits per heavy atom. The number of pyridine rings is 2. The van der Waals surface area contributed by atoms with Gasteiger partial charge in [0.25, 0.3) is 5.56 Å². The lowest BCUT2D eigenvalue weighted by Crippen LogP contribution is -2.14. The van der Waals surface area contributed by atoms with Gasteiger partial charge in [0.2, 0.25) is 0 Å². The van der Waals surface area contributed by atoms with Crippen LogP contribution in [0, 0.1) is 0 Å². The molecule has 1 N–H and O–H groups in total. The largest absolute Gasteiger partial charge is 0.493 e. The van der Waals surface area contributed by atoms with Gasteiger partial charge in [-0.25, -0.2) is 4.79 Å². The van der Waals surface area contributed by atoms with Crippen molar-refractivity contribution in [3.05, 3.63) is 52.9 Å². The van der Waals surface area contributed by atoms with Gasteiger partial charge in [0.1, 0.15) is 5.75 Å². The Kier molecular flexibility index (Phi) is 3.89. The van der Waals surface area contributed by atoms with E-state index in [1.54, 1.807) is 40.9 Å². The Labute approximate surface area is 169 Å². The van der Waals surface area contributed by atoms with Crippen LogP contribution >= 0.6 is 0 Å². The molecule has 0 spiro atoms. The summed E-state index contributed by atoms with van der Waals surface area (Å²) in [7, 11) is 3.01. The Morgan fingerprint density at radius 2 is 1.90 bits per heavy atom. The van der Waals surface area contributed by atoms with Gasteiger partial charge >= 0.3 is 5.97 Å². The Hall–Kier alpha value is -4.07. The molecule has 0 atom stereocenters. The predicted octanol–water partition coefficient (Wildman–Crippen LogP) is 3.07. The highest BCUT2D eigenvalue weighted by Gasteiger charge is 2.22. The lowest BCUT2D eigenvalue weighted by Gasteiger charge is -2.12. The minimum absolute atomic E-state index is 0.250. The van der Waals surface area contributed by atoms with Crippen molar-refractivity contribution >= 4 is 44.1 Å². The first-order valence-electron chi connectivity index (χ1n) is 9.13. The summed E-state index contributed by atoms with van der Waals surface area (Å²) in [6.07, 6.45) is 1.68. The van der Waals surface area contributed by atoms with Gasteiger partial charge in [0.15, 0.2) is 18.1 Å². The highest BCUT2D eigenvalue weighted by atomic mass is 16.5. The Bertz CT molecular complexity index is 1520. The normalized spacial score (nSPS) is 11.5. The highest BCUT2D eigenvalue weighted by Crippen LogP contribution is 2.39. The summed E-state index contributed by atoms with van der Waals surface area (Å²) in [5.74, 6) is 0.160. The summed E-state index contributed by atoms with van der Waals surface area (Å²) in [5.41, 5.74) is 1.77. The maximum Gasteiger partial charge on any atom is 0.341 e. The highest BCUT2D eigenvalue weighted by molar-refractivity contribution is 6.19. The van der Waals surface area contributed by atoms with E-state index in [9.17, 15) is 9.59 Å². The number of benzene rings is 2. The van der Waals surface area contributed by atoms with Crippen LogP contribution < -0.4 is 19.8 Å². The van der Waals surface area contributed by atoms with Crippen molar-refractivity contribution in [2.45, 2.75) is 0 Å². The zero-order valence-corrected chi connectivity index (χ0v) is 16.1. The molecule has 0 radical (unpaired) electrons. The third-order valence-electron chi connectivity index (χ3n) is 5.23. The zero-order valence-electron chi connectivity index (χ0n) is 16.1. The van der Waals surface area contributed by atoms with Crippen molar-refractivity contribution in [2.24, 2.45) is 0 Å². The van der Waals surface area contributed by atoms with Crippen LogP contribution in [0.25, 0.3) is 38.1 Å². The number of fused-ring (bicyclic) bond motifs is 5. The molecule has 0 saturated heterocycles. The van der Waals surface area contributed by atoms with E-state index >= 15 is 0 Å². The predicted molar refractivity (Wildman–Crippen MR) is 111 cm³/mol. The third-order valence-corrected chi connectivity index (χ3v) is 5.23. The second kappa shape index (κ2) is 6.48. The number of carboxylic acids is 1. The minimum Gasteiger partial charge on any atom is -0.493 e. The molecular formula is C22H16N2O6. The van der Waals surface area contributed by atoms with E-state index in [0.717, 1.165) is 10.8 Å². The fraction of sp³-hybridized carbons (Fsp3) is 0.136. The summed E-state index contributed by atoms with van der Waals surface area (Å²) in [5, 5.41) is 11.5. The van der Waals surface area contributed by atoms with E-state index in [1.165, 1.54) is 14.2 Å². The average molecular weight is 404 g/mol. The molecule has 3 aromatic heterocycles. The molecule has 8 nitrogen and oxygen atoms in total. The summed E-state index contributed by atoms with van der Waals surface area (Å²) in [6, 6.07) is 10.5. The standard InChI is InChI=1S/C22H16N2O6/c1-28-16-6-4-13-18(21(16)29-2)22(27)24-15-5-3-11(30-10-17(25)26)9-14(15)12-7-8-23-19(13)20(12)24/h3-9H,10H2,1-2H3,(H,25,26). The first-order valence-corrected chi connectivity index (χ1v) is 9.13. The lowest BCUT2D eigenvalue weighted by molar-refractivity contribution is -0.139. The Morgan fingerprint density at radius 1 is 1.07 bits per heavy atom. The fourth-order valence-corrected chi connectivity index (χ4v) is 4.04. The molecule has 2 aromatic carbocycles. The molecule has 0 aliphatic heterocycles. The van der Waals surface area contributed by atoms with Crippen LogP contribution in [0.4, 0.5) is 0 Å². The number of aromatic nitrogens is 2. The van der Waals surface area contributed by atoms with Crippen LogP contribution in [0.5, 0.6) is 17.2 Å². The number of carboxylic acid groups (broad SMARTS) is 1. The molecule has 150 valence electrons. The number of nitrogens with zero attached hydrogens (tertiary/aromatic N) is 2. The summed E-state index contributed by atoms with van der Waals surface area (Å²) >= 11 is 0. The maximum absolute atomic E-state index is 13.6. The van der Waals surface area contributed by atoms with E-state index in [0.29, 0.717) is 44.6 Å². The number of hydrogen-bond donors (Lipinski definition) is 1. The first kappa shape index (κ1) is 18.0. The smallest absolute Gasteiger partial charge is 0.341 e. The zero-order chi connectivity index (χ0) is 21.0. The molecule has 0 unspecified atom stereocenters. The molecule has 8 heteroatoms. The third kappa shape index (κ3) is 2.37. The van der Waals surface area contributed by atoms with Crippen molar-refractivity contribution in [1.82, 2.24) is 9.38 Å². The van der Waals surface area contributed by atoms with Crippen LogP contribution in [0.3, 0.4) is 0 Å². The van der Waals surface area contributed by atoms with Gasteiger partial charge in [-0.15, -0.1) is 0 Å². The molecule has 0 aliphatic rings. The summed E-state index contributed by atoms with van der Waals surface area (Å²) in [6.45, 7) is -0.446. The average Bonchev–Trinajstić information content (AvgIpc) is 3.09. The molecule has 5 rings (SSSR count). The number of aliphatic carboxylic acids is 1.